The molecule has 1 N–H and O–H groups in total. The maximum atomic E-state index is 13.6. The van der Waals surface area contributed by atoms with E-state index in [1.807, 2.05) is 6.07 Å². The molecule has 0 radical (unpaired) electrons. The van der Waals surface area contributed by atoms with Gasteiger partial charge in [-0.25, -0.2) is 24.1 Å². The number of aromatic amines is 1. The second-order valence-electron chi connectivity index (χ2n) is 9.07. The van der Waals surface area contributed by atoms with Crippen LogP contribution in [0, 0.1) is 5.92 Å². The molecule has 1 aliphatic rings. The number of ether oxygens (including phenoxy) is 2. The topological polar surface area (TPSA) is 121 Å². The molecule has 4 aromatic rings. The molecule has 1 aliphatic carbocycles. The van der Waals surface area contributed by atoms with Crippen LogP contribution < -0.4 is 21.7 Å². The molecule has 0 bridgehead atoms. The number of carbonyl (C=O) groups excluding carboxylic acids is 1. The van der Waals surface area contributed by atoms with Crippen molar-refractivity contribution in [1.29, 1.82) is 0 Å². The van der Waals surface area contributed by atoms with Gasteiger partial charge in [0.05, 0.1) is 24.8 Å². The van der Waals surface area contributed by atoms with Crippen LogP contribution in [0.15, 0.2) is 87.5 Å². The standard InChI is InChI=1S/C28H26ClN5O5/c1-2-38-25(35)19-15-22(16-19)34-27(36)32-26(33(28(34)37)17-18-6-8-20(29)9-7-18)31-21-10-12-23(13-11-21)39-24-5-3-4-14-30-24/h3-14,19,22H,2,15-17H2,1H3,(H,31,32,36)/t19-,22-. The van der Waals surface area contributed by atoms with E-state index in [4.69, 9.17) is 21.1 Å². The molecule has 200 valence electrons. The van der Waals surface area contributed by atoms with Gasteiger partial charge >= 0.3 is 17.3 Å². The number of benzene rings is 2. The maximum absolute atomic E-state index is 13.6. The van der Waals surface area contributed by atoms with Crippen LogP contribution in [0.25, 0.3) is 0 Å². The molecule has 2 heterocycles. The summed E-state index contributed by atoms with van der Waals surface area (Å²) in [6.07, 6.45) is 2.35. The summed E-state index contributed by atoms with van der Waals surface area (Å²) >= 11 is 6.03. The van der Waals surface area contributed by atoms with Crippen LogP contribution in [0.3, 0.4) is 0 Å². The largest absolute Gasteiger partial charge is 0.466 e. The lowest BCUT2D eigenvalue weighted by molar-refractivity contribution is -0.152. The zero-order valence-electron chi connectivity index (χ0n) is 21.1. The van der Waals surface area contributed by atoms with E-state index in [-0.39, 0.29) is 30.7 Å². The molecular formula is C28H26ClN5O5. The van der Waals surface area contributed by atoms with Gasteiger partial charge in [-0.1, -0.05) is 29.8 Å². The maximum Gasteiger partial charge on any atom is 0.335 e. The summed E-state index contributed by atoms with van der Waals surface area (Å²) in [5, 5.41) is 0.569. The van der Waals surface area contributed by atoms with Crippen molar-refractivity contribution < 1.29 is 14.3 Å². The van der Waals surface area contributed by atoms with Crippen LogP contribution in [0.2, 0.25) is 5.02 Å². The molecular weight excluding hydrogens is 522 g/mol. The minimum absolute atomic E-state index is 0.0934. The Morgan fingerprint density at radius 2 is 1.82 bits per heavy atom. The molecule has 1 saturated carbocycles. The number of hydrogen-bond acceptors (Lipinski definition) is 7. The van der Waals surface area contributed by atoms with E-state index in [0.717, 1.165) is 10.1 Å². The molecule has 0 spiro atoms. The second-order valence-corrected chi connectivity index (χ2v) is 9.51. The van der Waals surface area contributed by atoms with Crippen LogP contribution in [-0.2, 0) is 16.1 Å². The fourth-order valence-corrected chi connectivity index (χ4v) is 4.47. The summed E-state index contributed by atoms with van der Waals surface area (Å²) in [7, 11) is 0. The fourth-order valence-electron chi connectivity index (χ4n) is 4.35. The summed E-state index contributed by atoms with van der Waals surface area (Å²) < 4.78 is 13.4. The lowest BCUT2D eigenvalue weighted by Gasteiger charge is -2.34. The van der Waals surface area contributed by atoms with Crippen LogP contribution in [0.4, 0.5) is 5.69 Å². The van der Waals surface area contributed by atoms with Crippen molar-refractivity contribution in [3.8, 4) is 11.6 Å². The summed E-state index contributed by atoms with van der Waals surface area (Å²) in [5.41, 5.74) is 0.292. The number of hydrogen-bond donors (Lipinski definition) is 1. The molecule has 0 amide bonds. The first-order valence-corrected chi connectivity index (χ1v) is 12.9. The molecule has 2 aromatic heterocycles. The first-order chi connectivity index (χ1) is 18.9. The van der Waals surface area contributed by atoms with Gasteiger partial charge in [0.2, 0.25) is 11.5 Å². The normalized spacial score (nSPS) is 16.9. The van der Waals surface area contributed by atoms with Gasteiger partial charge in [0.15, 0.2) is 0 Å². The van der Waals surface area contributed by atoms with Crippen LogP contribution in [-0.4, -0.2) is 31.7 Å². The van der Waals surface area contributed by atoms with E-state index in [9.17, 15) is 14.4 Å². The third-order valence-corrected chi connectivity index (χ3v) is 6.67. The zero-order chi connectivity index (χ0) is 27.4. The third-order valence-electron chi connectivity index (χ3n) is 6.41. The Kier molecular flexibility index (Phi) is 7.74. The van der Waals surface area contributed by atoms with Gasteiger partial charge in [-0.3, -0.25) is 14.3 Å². The smallest absolute Gasteiger partial charge is 0.335 e. The second kappa shape index (κ2) is 11.5. The Morgan fingerprint density at radius 3 is 2.49 bits per heavy atom. The van der Waals surface area contributed by atoms with Gasteiger partial charge in [0, 0.05) is 23.3 Å². The number of nitrogens with one attached hydrogen (secondary N) is 1. The Balaban J connectivity index is 1.49. The summed E-state index contributed by atoms with van der Waals surface area (Å²) in [4.78, 5) is 50.2. The minimum atomic E-state index is -0.589. The Hall–Kier alpha value is -4.44. The van der Waals surface area contributed by atoms with Gasteiger partial charge in [-0.2, -0.15) is 0 Å². The number of nitrogens with zero attached hydrogens (tertiary/aromatic N) is 4. The van der Waals surface area contributed by atoms with Crippen LogP contribution >= 0.6 is 11.6 Å². The quantitative estimate of drug-likeness (QED) is 0.333. The molecule has 10 nitrogen and oxygen atoms in total. The molecule has 0 aliphatic heterocycles. The van der Waals surface area contributed by atoms with E-state index in [1.165, 1.54) is 4.57 Å². The van der Waals surface area contributed by atoms with Crippen molar-refractivity contribution >= 4 is 23.3 Å². The van der Waals surface area contributed by atoms with E-state index in [0.29, 0.717) is 35.2 Å². The van der Waals surface area contributed by atoms with E-state index < -0.39 is 17.4 Å². The Bertz CT molecular complexity index is 1640. The first-order valence-electron chi connectivity index (χ1n) is 12.5. The van der Waals surface area contributed by atoms with E-state index >= 15 is 0 Å². The van der Waals surface area contributed by atoms with Gasteiger partial charge in [0.25, 0.3) is 0 Å². The average molecular weight is 548 g/mol. The molecule has 1 fully saturated rings. The lowest BCUT2D eigenvalue weighted by atomic mass is 9.80. The van der Waals surface area contributed by atoms with Crippen molar-refractivity contribution in [3.05, 3.63) is 110 Å². The van der Waals surface area contributed by atoms with Gasteiger partial charge in [-0.05, 0) is 67.8 Å². The molecule has 0 atom stereocenters. The lowest BCUT2D eigenvalue weighted by Crippen LogP contribution is -2.53. The number of rotatable bonds is 8. The number of pyridine rings is 1. The Morgan fingerprint density at radius 1 is 1.08 bits per heavy atom. The Labute approximate surface area is 228 Å². The summed E-state index contributed by atoms with van der Waals surface area (Å²) in [5.74, 6) is 0.375. The van der Waals surface area contributed by atoms with Crippen molar-refractivity contribution in [2.24, 2.45) is 10.9 Å². The highest BCUT2D eigenvalue weighted by Crippen LogP contribution is 2.36. The molecule has 0 unspecified atom stereocenters. The third kappa shape index (κ3) is 6.01. The first kappa shape index (κ1) is 26.2. The molecule has 11 heteroatoms. The zero-order valence-corrected chi connectivity index (χ0v) is 21.9. The van der Waals surface area contributed by atoms with Crippen molar-refractivity contribution in [2.45, 2.75) is 32.4 Å². The number of carbonyl (C=O) groups is 1. The SMILES string of the molecule is CCOC(=O)[C@H]1C[C@H](n2c(=O)[nH]/c(=N\c3ccc(Oc4ccccn4)cc3)n(Cc3ccc(Cl)cc3)c2=O)C1. The highest BCUT2D eigenvalue weighted by molar-refractivity contribution is 6.30. The van der Waals surface area contributed by atoms with Crippen molar-refractivity contribution in [1.82, 2.24) is 19.1 Å². The summed E-state index contributed by atoms with van der Waals surface area (Å²) in [6, 6.07) is 18.9. The monoisotopic (exact) mass is 547 g/mol. The van der Waals surface area contributed by atoms with Gasteiger partial charge in [-0.15, -0.1) is 0 Å². The average Bonchev–Trinajstić information content (AvgIpc) is 2.90. The van der Waals surface area contributed by atoms with Gasteiger partial charge < -0.3 is 9.47 Å². The number of aromatic nitrogens is 4. The highest BCUT2D eigenvalue weighted by atomic mass is 35.5. The van der Waals surface area contributed by atoms with Crippen molar-refractivity contribution in [3.63, 3.8) is 0 Å². The predicted molar refractivity (Wildman–Crippen MR) is 144 cm³/mol. The highest BCUT2D eigenvalue weighted by Gasteiger charge is 2.38. The van der Waals surface area contributed by atoms with Crippen LogP contribution in [0.1, 0.15) is 31.4 Å². The fraction of sp³-hybridized carbons (Fsp3) is 0.250. The van der Waals surface area contributed by atoms with Crippen LogP contribution in [0.5, 0.6) is 11.6 Å². The molecule has 5 rings (SSSR count). The van der Waals surface area contributed by atoms with E-state index in [2.05, 4.69) is 15.0 Å². The number of esters is 1. The van der Waals surface area contributed by atoms with E-state index in [1.54, 1.807) is 73.8 Å². The predicted octanol–water partition coefficient (Wildman–Crippen LogP) is 3.97. The molecule has 39 heavy (non-hydrogen) atoms. The van der Waals surface area contributed by atoms with Crippen molar-refractivity contribution in [2.75, 3.05) is 6.61 Å². The van der Waals surface area contributed by atoms with Gasteiger partial charge in [0.1, 0.15) is 5.75 Å². The minimum Gasteiger partial charge on any atom is -0.466 e. The summed E-state index contributed by atoms with van der Waals surface area (Å²) in [6.45, 7) is 2.18. The molecule has 0 saturated heterocycles. The molecule has 2 aromatic carbocycles. The number of halogens is 1. The number of H-pyrrole nitrogens is 1.